The number of carbonyl (C=O) groups excluding carboxylic acids is 1. The van der Waals surface area contributed by atoms with Crippen LogP contribution in [0, 0.1) is 0 Å². The van der Waals surface area contributed by atoms with E-state index in [4.69, 9.17) is 0 Å². The fourth-order valence-electron chi connectivity index (χ4n) is 2.72. The number of rotatable bonds is 3. The number of likely N-dealkylation sites (N-methyl/N-ethyl adjacent to an activating group) is 1. The van der Waals surface area contributed by atoms with E-state index in [0.717, 1.165) is 50.2 Å². The lowest BCUT2D eigenvalue weighted by Crippen LogP contribution is -2.44. The van der Waals surface area contributed by atoms with Gasteiger partial charge in [0.1, 0.15) is 5.69 Å². The highest BCUT2D eigenvalue weighted by molar-refractivity contribution is 6.04. The fraction of sp³-hybridized carbons (Fsp3) is 0.333. The molecule has 2 heterocycles. The second-order valence-corrected chi connectivity index (χ2v) is 6.22. The molecule has 5 nitrogen and oxygen atoms in total. The molecule has 3 rings (SSSR count). The van der Waals surface area contributed by atoms with Crippen molar-refractivity contribution in [2.45, 2.75) is 6.18 Å². The third-order valence-electron chi connectivity index (χ3n) is 4.31. The van der Waals surface area contributed by atoms with Gasteiger partial charge in [0.15, 0.2) is 0 Å². The quantitative estimate of drug-likeness (QED) is 0.909. The van der Waals surface area contributed by atoms with Crippen molar-refractivity contribution in [2.75, 3.05) is 43.4 Å². The molecule has 8 heteroatoms. The summed E-state index contributed by atoms with van der Waals surface area (Å²) in [6, 6.07) is 9.32. The molecule has 0 atom stereocenters. The summed E-state index contributed by atoms with van der Waals surface area (Å²) in [6.07, 6.45) is -3.59. The van der Waals surface area contributed by atoms with Gasteiger partial charge in [-0.3, -0.25) is 9.78 Å². The monoisotopic (exact) mass is 364 g/mol. The van der Waals surface area contributed by atoms with E-state index in [9.17, 15) is 18.0 Å². The molecule has 0 radical (unpaired) electrons. The Bertz CT molecular complexity index is 752. The minimum Gasteiger partial charge on any atom is -0.369 e. The molecule has 1 aromatic heterocycles. The van der Waals surface area contributed by atoms with Gasteiger partial charge < -0.3 is 15.1 Å². The number of aromatic nitrogens is 1. The van der Waals surface area contributed by atoms with Crippen LogP contribution >= 0.6 is 0 Å². The Morgan fingerprint density at radius 1 is 1.04 bits per heavy atom. The van der Waals surface area contributed by atoms with Crippen molar-refractivity contribution in [3.05, 3.63) is 53.9 Å². The predicted molar refractivity (Wildman–Crippen MR) is 93.3 cm³/mol. The molecule has 0 saturated carbocycles. The molecular formula is C18H19F3N4O. The Labute approximate surface area is 149 Å². The second-order valence-electron chi connectivity index (χ2n) is 6.22. The molecule has 138 valence electrons. The van der Waals surface area contributed by atoms with Crippen LogP contribution in [0.5, 0.6) is 0 Å². The third kappa shape index (κ3) is 4.32. The molecule has 0 spiro atoms. The van der Waals surface area contributed by atoms with Crippen molar-refractivity contribution in [3.63, 3.8) is 0 Å². The van der Waals surface area contributed by atoms with Crippen molar-refractivity contribution in [1.82, 2.24) is 9.88 Å². The maximum Gasteiger partial charge on any atom is 0.433 e. The molecule has 1 amide bonds. The van der Waals surface area contributed by atoms with Crippen LogP contribution in [0.4, 0.5) is 24.5 Å². The van der Waals surface area contributed by atoms with E-state index in [2.05, 4.69) is 27.1 Å². The van der Waals surface area contributed by atoms with E-state index in [0.29, 0.717) is 5.69 Å². The molecule has 0 aliphatic carbocycles. The number of pyridine rings is 1. The Hall–Kier alpha value is -2.61. The molecule has 1 aliphatic heterocycles. The smallest absolute Gasteiger partial charge is 0.369 e. The summed E-state index contributed by atoms with van der Waals surface area (Å²) in [4.78, 5) is 20.0. The lowest BCUT2D eigenvalue weighted by molar-refractivity contribution is -0.141. The first-order valence-electron chi connectivity index (χ1n) is 8.21. The number of alkyl halides is 3. The number of hydrogen-bond acceptors (Lipinski definition) is 4. The highest BCUT2D eigenvalue weighted by atomic mass is 19.4. The largest absolute Gasteiger partial charge is 0.433 e. The van der Waals surface area contributed by atoms with E-state index >= 15 is 0 Å². The van der Waals surface area contributed by atoms with Crippen molar-refractivity contribution in [1.29, 1.82) is 0 Å². The molecular weight excluding hydrogens is 345 g/mol. The Morgan fingerprint density at radius 2 is 1.69 bits per heavy atom. The van der Waals surface area contributed by atoms with Gasteiger partial charge in [0, 0.05) is 43.8 Å². The number of halogens is 3. The SMILES string of the molecule is CN1CCN(c2ccc(NC(=O)c3ccc(C(F)(F)F)nc3)cc2)CC1. The van der Waals surface area contributed by atoms with Crippen LogP contribution < -0.4 is 10.2 Å². The van der Waals surface area contributed by atoms with E-state index < -0.39 is 17.8 Å². The Kier molecular flexibility index (Phi) is 5.13. The van der Waals surface area contributed by atoms with Crippen LogP contribution in [0.2, 0.25) is 0 Å². The molecule has 0 bridgehead atoms. The van der Waals surface area contributed by atoms with Crippen molar-refractivity contribution >= 4 is 17.3 Å². The van der Waals surface area contributed by atoms with Gasteiger partial charge >= 0.3 is 6.18 Å². The Balaban J connectivity index is 1.62. The first kappa shape index (κ1) is 18.2. The maximum atomic E-state index is 12.5. The molecule has 2 aromatic rings. The van der Waals surface area contributed by atoms with Crippen molar-refractivity contribution < 1.29 is 18.0 Å². The van der Waals surface area contributed by atoms with Gasteiger partial charge in [-0.1, -0.05) is 0 Å². The summed E-state index contributed by atoms with van der Waals surface area (Å²) < 4.78 is 37.5. The lowest BCUT2D eigenvalue weighted by atomic mass is 10.2. The molecule has 0 unspecified atom stereocenters. The first-order chi connectivity index (χ1) is 12.3. The van der Waals surface area contributed by atoms with E-state index in [-0.39, 0.29) is 5.56 Å². The minimum atomic E-state index is -4.52. The molecule has 26 heavy (non-hydrogen) atoms. The van der Waals surface area contributed by atoms with Crippen LogP contribution in [-0.4, -0.2) is 49.0 Å². The summed E-state index contributed by atoms with van der Waals surface area (Å²) >= 11 is 0. The average Bonchev–Trinajstić information content (AvgIpc) is 2.62. The summed E-state index contributed by atoms with van der Waals surface area (Å²) in [5.74, 6) is -0.501. The maximum absolute atomic E-state index is 12.5. The van der Waals surface area contributed by atoms with Gasteiger partial charge in [0.25, 0.3) is 5.91 Å². The summed E-state index contributed by atoms with van der Waals surface area (Å²) in [5, 5.41) is 2.67. The van der Waals surface area contributed by atoms with Gasteiger partial charge in [-0.25, -0.2) is 0 Å². The zero-order chi connectivity index (χ0) is 18.7. The highest BCUT2D eigenvalue weighted by Gasteiger charge is 2.32. The van der Waals surface area contributed by atoms with E-state index in [1.165, 1.54) is 0 Å². The summed E-state index contributed by atoms with van der Waals surface area (Å²) in [7, 11) is 2.09. The van der Waals surface area contributed by atoms with Gasteiger partial charge in [-0.2, -0.15) is 13.2 Å². The molecule has 1 aliphatic rings. The van der Waals surface area contributed by atoms with Crippen LogP contribution in [0.15, 0.2) is 42.6 Å². The van der Waals surface area contributed by atoms with Crippen molar-refractivity contribution in [3.8, 4) is 0 Å². The second kappa shape index (κ2) is 7.33. The third-order valence-corrected chi connectivity index (χ3v) is 4.31. The first-order valence-corrected chi connectivity index (χ1v) is 8.21. The van der Waals surface area contributed by atoms with Gasteiger partial charge in [-0.05, 0) is 43.4 Å². The fourth-order valence-corrected chi connectivity index (χ4v) is 2.72. The number of benzene rings is 1. The van der Waals surface area contributed by atoms with Crippen LogP contribution in [0.3, 0.4) is 0 Å². The summed E-state index contributed by atoms with van der Waals surface area (Å²) in [6.45, 7) is 3.89. The zero-order valence-corrected chi connectivity index (χ0v) is 14.3. The Morgan fingerprint density at radius 3 is 2.23 bits per heavy atom. The topological polar surface area (TPSA) is 48.5 Å². The molecule has 1 saturated heterocycles. The minimum absolute atomic E-state index is 0.0705. The molecule has 1 fully saturated rings. The number of hydrogen-bond donors (Lipinski definition) is 1. The van der Waals surface area contributed by atoms with Crippen molar-refractivity contribution in [2.24, 2.45) is 0 Å². The average molecular weight is 364 g/mol. The van der Waals surface area contributed by atoms with Gasteiger partial charge in [0.05, 0.1) is 5.56 Å². The van der Waals surface area contributed by atoms with Crippen LogP contribution in [0.25, 0.3) is 0 Å². The zero-order valence-electron chi connectivity index (χ0n) is 14.3. The number of piperazine rings is 1. The van der Waals surface area contributed by atoms with Gasteiger partial charge in [-0.15, -0.1) is 0 Å². The molecule has 1 N–H and O–H groups in total. The number of nitrogens with one attached hydrogen (secondary N) is 1. The number of carbonyl (C=O) groups is 1. The lowest BCUT2D eigenvalue weighted by Gasteiger charge is -2.34. The van der Waals surface area contributed by atoms with Gasteiger partial charge in [0.2, 0.25) is 0 Å². The molecule has 1 aromatic carbocycles. The predicted octanol–water partition coefficient (Wildman–Crippen LogP) is 3.10. The normalized spacial score (nSPS) is 15.8. The number of amides is 1. The van der Waals surface area contributed by atoms with E-state index in [1.807, 2.05) is 12.1 Å². The van der Waals surface area contributed by atoms with Crippen LogP contribution in [-0.2, 0) is 6.18 Å². The number of nitrogens with zero attached hydrogens (tertiary/aromatic N) is 3. The standard InChI is InChI=1S/C18H19F3N4O/c1-24-8-10-25(11-9-24)15-5-3-14(4-6-15)23-17(26)13-2-7-16(22-12-13)18(19,20)21/h2-7,12H,8-11H2,1H3,(H,23,26). The van der Waals surface area contributed by atoms with E-state index in [1.54, 1.807) is 12.1 Å². The highest BCUT2D eigenvalue weighted by Crippen LogP contribution is 2.27. The van der Waals surface area contributed by atoms with Crippen LogP contribution in [0.1, 0.15) is 16.1 Å². The number of anilines is 2. The summed E-state index contributed by atoms with van der Waals surface area (Å²) in [5.41, 5.74) is 0.701.